The molecule has 0 aliphatic rings. The third kappa shape index (κ3) is 11.2. The first-order chi connectivity index (χ1) is 3.77. The van der Waals surface area contributed by atoms with E-state index in [1.807, 2.05) is 6.92 Å². The van der Waals surface area contributed by atoms with Crippen LogP contribution in [0, 0.1) is 0 Å². The fourth-order valence-electron chi connectivity index (χ4n) is 0.249. The van der Waals surface area contributed by atoms with Crippen molar-refractivity contribution >= 4 is 5.97 Å². The topological polar surface area (TPSA) is 37.3 Å². The van der Waals surface area contributed by atoms with Crippen molar-refractivity contribution in [1.82, 2.24) is 0 Å². The van der Waals surface area contributed by atoms with Crippen LogP contribution in [0.5, 0.6) is 0 Å². The number of allylic oxidation sites excluding steroid dienone is 3. The Hall–Kier alpha value is -0.427. The van der Waals surface area contributed by atoms with Gasteiger partial charge in [-0.15, -0.1) is 0 Å². The molecule has 0 unspecified atom stereocenters. The summed E-state index contributed by atoms with van der Waals surface area (Å²) in [6.07, 6.45) is 5.98. The molecule has 46 valence electrons. The molecule has 0 saturated carbocycles. The monoisotopic (exact) mass is 176 g/mol. The van der Waals surface area contributed by atoms with Crippen LogP contribution in [0.15, 0.2) is 24.3 Å². The summed E-state index contributed by atoms with van der Waals surface area (Å²) in [5, 5.41) is 8.02. The van der Waals surface area contributed by atoms with Crippen LogP contribution in [0.2, 0.25) is 0 Å². The van der Waals surface area contributed by atoms with E-state index in [2.05, 4.69) is 0 Å². The van der Waals surface area contributed by atoms with Gasteiger partial charge >= 0.3 is 5.97 Å². The van der Waals surface area contributed by atoms with E-state index in [1.165, 1.54) is 6.08 Å². The fourth-order valence-corrected chi connectivity index (χ4v) is 0.249. The summed E-state index contributed by atoms with van der Waals surface area (Å²) in [6, 6.07) is 0. The molecule has 0 aliphatic carbocycles. The molecule has 0 atom stereocenters. The van der Waals surface area contributed by atoms with Crippen LogP contribution in [0.3, 0.4) is 0 Å². The first kappa shape index (κ1) is 11.4. The summed E-state index contributed by atoms with van der Waals surface area (Å²) in [7, 11) is 0. The molecule has 0 spiro atoms. The minimum Gasteiger partial charge on any atom is -0.478 e. The van der Waals surface area contributed by atoms with Gasteiger partial charge in [-0.05, 0) is 6.92 Å². The maximum Gasteiger partial charge on any atom is 0.328 e. The van der Waals surface area contributed by atoms with E-state index in [0.717, 1.165) is 6.08 Å². The van der Waals surface area contributed by atoms with Gasteiger partial charge in [0.1, 0.15) is 0 Å². The Morgan fingerprint density at radius 1 is 1.44 bits per heavy atom. The van der Waals surface area contributed by atoms with Crippen LogP contribution in [-0.2, 0) is 24.3 Å². The second kappa shape index (κ2) is 7.57. The first-order valence-electron chi connectivity index (χ1n) is 2.29. The molecule has 0 heterocycles. The molecule has 2 nitrogen and oxygen atoms in total. The van der Waals surface area contributed by atoms with E-state index in [-0.39, 0.29) is 19.5 Å². The number of hydrogen-bond donors (Lipinski definition) is 1. The number of carboxylic acid groups (broad SMARTS) is 1. The zero-order valence-corrected chi connectivity index (χ0v) is 8.34. The Bertz CT molecular complexity index is 127. The smallest absolute Gasteiger partial charge is 0.328 e. The quantitative estimate of drug-likeness (QED) is 0.391. The van der Waals surface area contributed by atoms with Crippen molar-refractivity contribution in [2.24, 2.45) is 0 Å². The molecular formula is C6H8O2Zn. The minimum absolute atomic E-state index is 0. The van der Waals surface area contributed by atoms with Crippen molar-refractivity contribution < 1.29 is 29.4 Å². The molecule has 0 amide bonds. The molecule has 0 aromatic rings. The first-order valence-corrected chi connectivity index (χ1v) is 2.29. The van der Waals surface area contributed by atoms with Crippen molar-refractivity contribution in [2.75, 3.05) is 0 Å². The third-order valence-electron chi connectivity index (χ3n) is 0.542. The van der Waals surface area contributed by atoms with E-state index < -0.39 is 5.97 Å². The Balaban J connectivity index is 0. The maximum atomic E-state index is 9.75. The summed E-state index contributed by atoms with van der Waals surface area (Å²) in [4.78, 5) is 9.75. The van der Waals surface area contributed by atoms with Crippen LogP contribution in [0.1, 0.15) is 6.92 Å². The van der Waals surface area contributed by atoms with E-state index in [1.54, 1.807) is 12.2 Å². The van der Waals surface area contributed by atoms with Gasteiger partial charge in [0.05, 0.1) is 0 Å². The number of carboxylic acids is 1. The molecule has 9 heavy (non-hydrogen) atoms. The van der Waals surface area contributed by atoms with Gasteiger partial charge in [-0.3, -0.25) is 0 Å². The van der Waals surface area contributed by atoms with Gasteiger partial charge in [-0.2, -0.15) is 0 Å². The van der Waals surface area contributed by atoms with Gasteiger partial charge in [0.25, 0.3) is 0 Å². The summed E-state index contributed by atoms with van der Waals surface area (Å²) in [5.74, 6) is -0.914. The van der Waals surface area contributed by atoms with Crippen molar-refractivity contribution in [1.29, 1.82) is 0 Å². The number of carbonyl (C=O) groups is 1. The van der Waals surface area contributed by atoms with Gasteiger partial charge < -0.3 is 5.11 Å². The van der Waals surface area contributed by atoms with Crippen molar-refractivity contribution in [3.63, 3.8) is 0 Å². The fraction of sp³-hybridized carbons (Fsp3) is 0.167. The second-order valence-electron chi connectivity index (χ2n) is 1.22. The zero-order chi connectivity index (χ0) is 6.41. The Labute approximate surface area is 67.0 Å². The van der Waals surface area contributed by atoms with Crippen LogP contribution in [-0.4, -0.2) is 11.1 Å². The molecule has 0 aromatic heterocycles. The van der Waals surface area contributed by atoms with Crippen LogP contribution < -0.4 is 0 Å². The molecule has 1 N–H and O–H groups in total. The van der Waals surface area contributed by atoms with Gasteiger partial charge in [0.15, 0.2) is 0 Å². The predicted octanol–water partition coefficient (Wildman–Crippen LogP) is 1.20. The van der Waals surface area contributed by atoms with E-state index in [0.29, 0.717) is 0 Å². The average molecular weight is 178 g/mol. The van der Waals surface area contributed by atoms with Gasteiger partial charge in [-0.1, -0.05) is 18.2 Å². The zero-order valence-electron chi connectivity index (χ0n) is 5.37. The number of aliphatic carboxylic acids is 1. The molecule has 0 rings (SSSR count). The molecule has 0 bridgehead atoms. The molecule has 0 saturated heterocycles. The molecule has 0 radical (unpaired) electrons. The molecule has 0 fully saturated rings. The summed E-state index contributed by atoms with van der Waals surface area (Å²) in [5.41, 5.74) is 0. The Morgan fingerprint density at radius 2 is 2.00 bits per heavy atom. The molecule has 0 aliphatic heterocycles. The number of rotatable bonds is 2. The Kier molecular flexibility index (Phi) is 9.58. The van der Waals surface area contributed by atoms with Gasteiger partial charge in [0, 0.05) is 25.6 Å². The molecule has 0 aromatic carbocycles. The largest absolute Gasteiger partial charge is 0.478 e. The second-order valence-corrected chi connectivity index (χ2v) is 1.22. The maximum absolute atomic E-state index is 9.75. The van der Waals surface area contributed by atoms with Gasteiger partial charge in [0.2, 0.25) is 0 Å². The number of hydrogen-bond acceptors (Lipinski definition) is 1. The SMILES string of the molecule is C/C=C/C=C/C(=O)O.[Zn]. The summed E-state index contributed by atoms with van der Waals surface area (Å²) in [6.45, 7) is 1.83. The van der Waals surface area contributed by atoms with Gasteiger partial charge in [-0.25, -0.2) is 4.79 Å². The average Bonchev–Trinajstić information content (AvgIpc) is 1.66. The predicted molar refractivity (Wildman–Crippen MR) is 31.6 cm³/mol. The molecular weight excluding hydrogens is 169 g/mol. The van der Waals surface area contributed by atoms with Crippen LogP contribution in [0.4, 0.5) is 0 Å². The van der Waals surface area contributed by atoms with E-state index >= 15 is 0 Å². The van der Waals surface area contributed by atoms with E-state index in [4.69, 9.17) is 5.11 Å². The molecule has 3 heteroatoms. The standard InChI is InChI=1S/C6H8O2.Zn/c1-2-3-4-5-6(7)8;/h2-5H,1H3,(H,7,8);/b3-2+,5-4+;. The minimum atomic E-state index is -0.914. The van der Waals surface area contributed by atoms with Crippen molar-refractivity contribution in [2.45, 2.75) is 6.92 Å². The normalized spacial score (nSPS) is 9.89. The van der Waals surface area contributed by atoms with Crippen molar-refractivity contribution in [3.8, 4) is 0 Å². The van der Waals surface area contributed by atoms with Crippen molar-refractivity contribution in [3.05, 3.63) is 24.3 Å². The van der Waals surface area contributed by atoms with Crippen LogP contribution in [0.25, 0.3) is 0 Å². The summed E-state index contributed by atoms with van der Waals surface area (Å²) < 4.78 is 0. The Morgan fingerprint density at radius 3 is 2.33 bits per heavy atom. The third-order valence-corrected chi connectivity index (χ3v) is 0.542. The summed E-state index contributed by atoms with van der Waals surface area (Å²) >= 11 is 0. The van der Waals surface area contributed by atoms with Crippen LogP contribution >= 0.6 is 0 Å². The van der Waals surface area contributed by atoms with E-state index in [9.17, 15) is 4.79 Å².